The Morgan fingerprint density at radius 2 is 2.27 bits per heavy atom. The minimum absolute atomic E-state index is 0.0226. The third-order valence-electron chi connectivity index (χ3n) is 2.88. The number of hydrogen-bond donors (Lipinski definition) is 3. The molecule has 1 unspecified atom stereocenters. The van der Waals surface area contributed by atoms with E-state index in [4.69, 9.17) is 0 Å². The second kappa shape index (κ2) is 6.08. The predicted molar refractivity (Wildman–Crippen MR) is 59.5 cm³/mol. The van der Waals surface area contributed by atoms with E-state index in [1.54, 1.807) is 0 Å². The molecule has 0 aliphatic carbocycles. The van der Waals surface area contributed by atoms with Crippen molar-refractivity contribution < 1.29 is 9.90 Å². The lowest BCUT2D eigenvalue weighted by atomic mass is 10.0. The van der Waals surface area contributed by atoms with Crippen LogP contribution in [0.4, 0.5) is 0 Å². The van der Waals surface area contributed by atoms with Crippen molar-refractivity contribution in [1.29, 1.82) is 0 Å². The largest absolute Gasteiger partial charge is 0.391 e. The normalized spacial score (nSPS) is 23.9. The Morgan fingerprint density at radius 3 is 2.80 bits per heavy atom. The second-order valence-corrected chi connectivity index (χ2v) is 4.56. The average Bonchev–Trinajstić information content (AvgIpc) is 2.26. The van der Waals surface area contributed by atoms with Gasteiger partial charge in [-0.1, -0.05) is 20.3 Å². The first-order valence-corrected chi connectivity index (χ1v) is 5.80. The Kier molecular flexibility index (Phi) is 5.05. The Hall–Kier alpha value is -0.610. The molecule has 0 saturated carbocycles. The fraction of sp³-hybridized carbons (Fsp3) is 0.909. The van der Waals surface area contributed by atoms with E-state index in [1.807, 2.05) is 13.8 Å². The molecule has 0 bridgehead atoms. The number of amides is 1. The molecule has 15 heavy (non-hydrogen) atoms. The van der Waals surface area contributed by atoms with E-state index in [0.29, 0.717) is 6.54 Å². The average molecular weight is 214 g/mol. The highest BCUT2D eigenvalue weighted by molar-refractivity contribution is 5.81. The summed E-state index contributed by atoms with van der Waals surface area (Å²) in [5, 5.41) is 15.5. The lowest BCUT2D eigenvalue weighted by molar-refractivity contribution is -0.124. The van der Waals surface area contributed by atoms with Gasteiger partial charge in [0.05, 0.1) is 12.1 Å². The van der Waals surface area contributed by atoms with Crippen LogP contribution in [0.1, 0.15) is 33.1 Å². The summed E-state index contributed by atoms with van der Waals surface area (Å²) in [5.41, 5.74) is 0. The first kappa shape index (κ1) is 12.5. The van der Waals surface area contributed by atoms with Crippen LogP contribution in [0.3, 0.4) is 0 Å². The molecule has 1 fully saturated rings. The molecule has 1 amide bonds. The van der Waals surface area contributed by atoms with Crippen LogP contribution in [0.5, 0.6) is 0 Å². The van der Waals surface area contributed by atoms with Gasteiger partial charge in [-0.2, -0.15) is 0 Å². The first-order chi connectivity index (χ1) is 7.11. The zero-order valence-electron chi connectivity index (χ0n) is 9.62. The molecule has 1 saturated heterocycles. The maximum absolute atomic E-state index is 11.6. The molecule has 0 aromatic rings. The summed E-state index contributed by atoms with van der Waals surface area (Å²) in [6.45, 7) is 5.16. The van der Waals surface area contributed by atoms with Gasteiger partial charge >= 0.3 is 0 Å². The molecule has 4 nitrogen and oxygen atoms in total. The van der Waals surface area contributed by atoms with Crippen LogP contribution in [0.2, 0.25) is 0 Å². The van der Waals surface area contributed by atoms with Gasteiger partial charge in [0.1, 0.15) is 0 Å². The highest BCUT2D eigenvalue weighted by Gasteiger charge is 2.21. The van der Waals surface area contributed by atoms with Crippen LogP contribution in [0.25, 0.3) is 0 Å². The molecule has 88 valence electrons. The molecular weight excluding hydrogens is 192 g/mol. The van der Waals surface area contributed by atoms with Gasteiger partial charge < -0.3 is 15.7 Å². The number of hydrogen-bond acceptors (Lipinski definition) is 3. The molecule has 0 radical (unpaired) electrons. The Bertz CT molecular complexity index is 201. The summed E-state index contributed by atoms with van der Waals surface area (Å²) in [6.07, 6.45) is 2.72. The van der Waals surface area contributed by atoms with Crippen LogP contribution in [-0.4, -0.2) is 36.2 Å². The molecule has 1 aliphatic heterocycles. The Morgan fingerprint density at radius 1 is 1.53 bits per heavy atom. The fourth-order valence-electron chi connectivity index (χ4n) is 1.64. The predicted octanol–water partition coefficient (Wildman–Crippen LogP) is 0.262. The van der Waals surface area contributed by atoms with Gasteiger partial charge in [-0.25, -0.2) is 0 Å². The van der Waals surface area contributed by atoms with Crippen LogP contribution in [-0.2, 0) is 4.79 Å². The summed E-state index contributed by atoms with van der Waals surface area (Å²) < 4.78 is 0. The van der Waals surface area contributed by atoms with Crippen molar-refractivity contribution in [2.45, 2.75) is 45.3 Å². The lowest BCUT2D eigenvalue weighted by Crippen LogP contribution is -2.48. The zero-order chi connectivity index (χ0) is 11.3. The van der Waals surface area contributed by atoms with E-state index < -0.39 is 6.10 Å². The quantitative estimate of drug-likeness (QED) is 0.629. The van der Waals surface area contributed by atoms with Crippen molar-refractivity contribution in [2.75, 3.05) is 13.1 Å². The van der Waals surface area contributed by atoms with Crippen molar-refractivity contribution in [3.05, 3.63) is 0 Å². The maximum atomic E-state index is 11.6. The van der Waals surface area contributed by atoms with Crippen LogP contribution in [0, 0.1) is 5.92 Å². The van der Waals surface area contributed by atoms with Gasteiger partial charge in [0.15, 0.2) is 0 Å². The number of aliphatic hydroxyl groups is 1. The van der Waals surface area contributed by atoms with Crippen LogP contribution >= 0.6 is 0 Å². The maximum Gasteiger partial charge on any atom is 0.237 e. The topological polar surface area (TPSA) is 61.4 Å². The number of piperidine rings is 1. The summed E-state index contributed by atoms with van der Waals surface area (Å²) in [6, 6.07) is -0.0573. The minimum Gasteiger partial charge on any atom is -0.391 e. The van der Waals surface area contributed by atoms with Crippen molar-refractivity contribution in [3.63, 3.8) is 0 Å². The van der Waals surface area contributed by atoms with E-state index in [2.05, 4.69) is 10.6 Å². The van der Waals surface area contributed by atoms with Crippen molar-refractivity contribution in [1.82, 2.24) is 10.6 Å². The first-order valence-electron chi connectivity index (χ1n) is 5.80. The standard InChI is InChI=1S/C11H22N2O2/c1-8(2)10(14)7-13-11(15)9-5-3-4-6-12-9/h8-10,12,14H,3-7H2,1-2H3,(H,13,15)/t9-,10?/m0/s1. The van der Waals surface area contributed by atoms with Crippen molar-refractivity contribution in [2.24, 2.45) is 5.92 Å². The van der Waals surface area contributed by atoms with Gasteiger partial charge in [0.25, 0.3) is 0 Å². The van der Waals surface area contributed by atoms with Gasteiger partial charge in [0, 0.05) is 6.54 Å². The van der Waals surface area contributed by atoms with E-state index in [-0.39, 0.29) is 17.9 Å². The third kappa shape index (κ3) is 4.18. The van der Waals surface area contributed by atoms with Crippen molar-refractivity contribution >= 4 is 5.91 Å². The van der Waals surface area contributed by atoms with E-state index >= 15 is 0 Å². The number of aliphatic hydroxyl groups excluding tert-OH is 1. The summed E-state index contributed by atoms with van der Waals surface area (Å²) in [4.78, 5) is 11.6. The van der Waals surface area contributed by atoms with Crippen LogP contribution < -0.4 is 10.6 Å². The molecular formula is C11H22N2O2. The van der Waals surface area contributed by atoms with Gasteiger partial charge in [-0.05, 0) is 25.3 Å². The van der Waals surface area contributed by atoms with Crippen molar-refractivity contribution in [3.8, 4) is 0 Å². The minimum atomic E-state index is -0.447. The second-order valence-electron chi connectivity index (χ2n) is 4.56. The number of carbonyl (C=O) groups is 1. The zero-order valence-corrected chi connectivity index (χ0v) is 9.62. The highest BCUT2D eigenvalue weighted by atomic mass is 16.3. The third-order valence-corrected chi connectivity index (χ3v) is 2.88. The SMILES string of the molecule is CC(C)C(O)CNC(=O)[C@@H]1CCCCN1. The monoisotopic (exact) mass is 214 g/mol. The van der Waals surface area contributed by atoms with E-state index in [9.17, 15) is 9.90 Å². The summed E-state index contributed by atoms with van der Waals surface area (Å²) >= 11 is 0. The molecule has 4 heteroatoms. The highest BCUT2D eigenvalue weighted by Crippen LogP contribution is 2.07. The van der Waals surface area contributed by atoms with E-state index in [0.717, 1.165) is 25.8 Å². The number of rotatable bonds is 4. The molecule has 2 atom stereocenters. The summed E-state index contributed by atoms with van der Waals surface area (Å²) in [5.74, 6) is 0.207. The molecule has 0 aromatic heterocycles. The molecule has 3 N–H and O–H groups in total. The Balaban J connectivity index is 2.22. The van der Waals surface area contributed by atoms with Gasteiger partial charge in [-0.15, -0.1) is 0 Å². The molecule has 1 aliphatic rings. The smallest absolute Gasteiger partial charge is 0.237 e. The Labute approximate surface area is 91.4 Å². The molecule has 1 heterocycles. The lowest BCUT2D eigenvalue weighted by Gasteiger charge is -2.23. The molecule has 1 rings (SSSR count). The molecule has 0 aromatic carbocycles. The van der Waals surface area contributed by atoms with E-state index in [1.165, 1.54) is 0 Å². The summed E-state index contributed by atoms with van der Waals surface area (Å²) in [7, 11) is 0. The van der Waals surface area contributed by atoms with Gasteiger partial charge in [0.2, 0.25) is 5.91 Å². The number of carbonyl (C=O) groups excluding carboxylic acids is 1. The van der Waals surface area contributed by atoms with Gasteiger partial charge in [-0.3, -0.25) is 4.79 Å². The molecule has 0 spiro atoms. The van der Waals surface area contributed by atoms with Crippen LogP contribution in [0.15, 0.2) is 0 Å². The fourth-order valence-corrected chi connectivity index (χ4v) is 1.64. The number of nitrogens with one attached hydrogen (secondary N) is 2.